The predicted octanol–water partition coefficient (Wildman–Crippen LogP) is 5.78. The summed E-state index contributed by atoms with van der Waals surface area (Å²) in [7, 11) is 2.88. The lowest BCUT2D eigenvalue weighted by Gasteiger charge is -2.26. The lowest BCUT2D eigenvalue weighted by Crippen LogP contribution is -2.29. The maximum atomic E-state index is 13.6. The average molecular weight is 502 g/mol. The molecule has 1 N–H and O–H groups in total. The molecule has 0 bridgehead atoms. The van der Waals surface area contributed by atoms with Crippen molar-refractivity contribution in [2.24, 2.45) is 0 Å². The number of benzene rings is 3. The van der Waals surface area contributed by atoms with Gasteiger partial charge in [0.05, 0.1) is 41.4 Å². The minimum absolute atomic E-state index is 0.184. The molecule has 1 aliphatic heterocycles. The topological polar surface area (TPSA) is 76.1 Å². The molecule has 1 amide bonds. The molecule has 0 radical (unpaired) electrons. The lowest BCUT2D eigenvalue weighted by atomic mass is 9.94. The lowest BCUT2D eigenvalue weighted by molar-refractivity contribution is -0.132. The van der Waals surface area contributed by atoms with E-state index in [-0.39, 0.29) is 32.6 Å². The normalized spacial score (nSPS) is 17.2. The van der Waals surface area contributed by atoms with Gasteiger partial charge in [-0.25, -0.2) is 4.39 Å². The largest absolute Gasteiger partial charge is 0.507 e. The van der Waals surface area contributed by atoms with Gasteiger partial charge >= 0.3 is 0 Å². The van der Waals surface area contributed by atoms with E-state index in [2.05, 4.69) is 0 Å². The Kier molecular flexibility index (Phi) is 6.50. The molecule has 0 aromatic heterocycles. The van der Waals surface area contributed by atoms with Gasteiger partial charge in [-0.1, -0.05) is 29.3 Å². The first-order valence-electron chi connectivity index (χ1n) is 10.0. The van der Waals surface area contributed by atoms with Crippen LogP contribution in [0.5, 0.6) is 11.5 Å². The van der Waals surface area contributed by atoms with Gasteiger partial charge < -0.3 is 14.6 Å². The van der Waals surface area contributed by atoms with Crippen LogP contribution in [0, 0.1) is 5.82 Å². The van der Waals surface area contributed by atoms with Gasteiger partial charge in [0.1, 0.15) is 23.1 Å². The molecule has 4 rings (SSSR count). The molecule has 174 valence electrons. The van der Waals surface area contributed by atoms with Crippen molar-refractivity contribution < 1.29 is 28.6 Å². The summed E-state index contributed by atoms with van der Waals surface area (Å²) in [6.07, 6.45) is 0. The molecule has 1 atom stereocenters. The summed E-state index contributed by atoms with van der Waals surface area (Å²) in [5.41, 5.74) is 0.689. The van der Waals surface area contributed by atoms with Crippen molar-refractivity contribution >= 4 is 46.3 Å². The fourth-order valence-corrected chi connectivity index (χ4v) is 4.14. The number of carbonyl (C=O) groups is 2. The van der Waals surface area contributed by atoms with E-state index >= 15 is 0 Å². The Labute approximate surface area is 204 Å². The number of anilines is 1. The molecule has 0 aliphatic carbocycles. The third kappa shape index (κ3) is 4.08. The minimum atomic E-state index is -1.06. The first-order valence-corrected chi connectivity index (χ1v) is 10.8. The fraction of sp³-hybridized carbons (Fsp3) is 0.120. The van der Waals surface area contributed by atoms with Crippen LogP contribution in [0.1, 0.15) is 17.2 Å². The average Bonchev–Trinajstić information content (AvgIpc) is 3.11. The number of ether oxygens (including phenoxy) is 2. The number of rotatable bonds is 5. The number of halogens is 3. The Morgan fingerprint density at radius 1 is 0.941 bits per heavy atom. The summed E-state index contributed by atoms with van der Waals surface area (Å²) in [6, 6.07) is 13.3. The standard InChI is InChI=1S/C25H18Cl2FNO5/c1-33-16-8-9-17(20(12-16)34-2)23(30)21-22(13-3-10-18(26)19(27)11-13)29(25(32)24(21)31)15-6-4-14(28)5-7-15/h3-12,22,30H,1-2H3/b23-21-. The fourth-order valence-electron chi connectivity index (χ4n) is 3.84. The number of ketones is 1. The first-order chi connectivity index (χ1) is 16.3. The zero-order chi connectivity index (χ0) is 24.6. The van der Waals surface area contributed by atoms with E-state index in [1.165, 1.54) is 61.6 Å². The van der Waals surface area contributed by atoms with Gasteiger partial charge in [-0.2, -0.15) is 0 Å². The van der Waals surface area contributed by atoms with Crippen LogP contribution < -0.4 is 14.4 Å². The minimum Gasteiger partial charge on any atom is -0.507 e. The van der Waals surface area contributed by atoms with Crippen molar-refractivity contribution in [2.45, 2.75) is 6.04 Å². The third-order valence-electron chi connectivity index (χ3n) is 5.47. The van der Waals surface area contributed by atoms with Crippen LogP contribution in [0.25, 0.3) is 5.76 Å². The van der Waals surface area contributed by atoms with Gasteiger partial charge in [-0.05, 0) is 54.1 Å². The molecule has 1 unspecified atom stereocenters. The van der Waals surface area contributed by atoms with Crippen molar-refractivity contribution in [1.29, 1.82) is 0 Å². The summed E-state index contributed by atoms with van der Waals surface area (Å²) < 4.78 is 24.1. The van der Waals surface area contributed by atoms with E-state index in [1.54, 1.807) is 18.2 Å². The van der Waals surface area contributed by atoms with Gasteiger partial charge in [-0.15, -0.1) is 0 Å². The number of aliphatic hydroxyl groups is 1. The zero-order valence-electron chi connectivity index (χ0n) is 18.0. The summed E-state index contributed by atoms with van der Waals surface area (Å²) in [5, 5.41) is 11.8. The van der Waals surface area contributed by atoms with Crippen molar-refractivity contribution in [3.05, 3.63) is 93.2 Å². The monoisotopic (exact) mass is 501 g/mol. The van der Waals surface area contributed by atoms with E-state index < -0.39 is 29.3 Å². The second kappa shape index (κ2) is 9.37. The molecule has 1 aliphatic rings. The van der Waals surface area contributed by atoms with E-state index in [0.29, 0.717) is 11.3 Å². The molecule has 9 heteroatoms. The molecule has 1 heterocycles. The summed E-state index contributed by atoms with van der Waals surface area (Å²) in [5.74, 6) is -2.06. The van der Waals surface area contributed by atoms with Crippen molar-refractivity contribution in [1.82, 2.24) is 0 Å². The highest BCUT2D eigenvalue weighted by molar-refractivity contribution is 6.52. The number of Topliss-reactive ketones (excluding diaryl/α,β-unsaturated/α-hetero) is 1. The van der Waals surface area contributed by atoms with Crippen LogP contribution in [0.3, 0.4) is 0 Å². The van der Waals surface area contributed by atoms with Gasteiger partial charge in [0, 0.05) is 11.8 Å². The molecule has 34 heavy (non-hydrogen) atoms. The molecule has 6 nitrogen and oxygen atoms in total. The molecular formula is C25H18Cl2FNO5. The highest BCUT2D eigenvalue weighted by atomic mass is 35.5. The Bertz CT molecular complexity index is 1320. The molecular weight excluding hydrogens is 484 g/mol. The van der Waals surface area contributed by atoms with Gasteiger partial charge in [0.2, 0.25) is 0 Å². The molecule has 0 saturated carbocycles. The van der Waals surface area contributed by atoms with Crippen molar-refractivity contribution in [2.75, 3.05) is 19.1 Å². The van der Waals surface area contributed by atoms with Crippen LogP contribution in [-0.4, -0.2) is 31.0 Å². The Hall–Kier alpha value is -3.55. The van der Waals surface area contributed by atoms with E-state index in [0.717, 1.165) is 0 Å². The molecule has 1 fully saturated rings. The smallest absolute Gasteiger partial charge is 0.300 e. The maximum absolute atomic E-state index is 13.6. The van der Waals surface area contributed by atoms with Gasteiger partial charge in [0.15, 0.2) is 0 Å². The Morgan fingerprint density at radius 3 is 2.26 bits per heavy atom. The molecule has 3 aromatic carbocycles. The number of hydrogen-bond donors (Lipinski definition) is 1. The molecule has 3 aromatic rings. The van der Waals surface area contributed by atoms with Gasteiger partial charge in [0.25, 0.3) is 11.7 Å². The quantitative estimate of drug-likeness (QED) is 0.272. The third-order valence-corrected chi connectivity index (χ3v) is 6.21. The Morgan fingerprint density at radius 2 is 1.65 bits per heavy atom. The summed E-state index contributed by atoms with van der Waals surface area (Å²) >= 11 is 12.3. The summed E-state index contributed by atoms with van der Waals surface area (Å²) in [6.45, 7) is 0. The van der Waals surface area contributed by atoms with Crippen molar-refractivity contribution in [3.8, 4) is 11.5 Å². The van der Waals surface area contributed by atoms with Crippen LogP contribution >= 0.6 is 23.2 Å². The number of amides is 1. The SMILES string of the molecule is COc1ccc(/C(O)=C2/C(=O)C(=O)N(c3ccc(F)cc3)C2c2ccc(Cl)c(Cl)c2)c(OC)c1. The number of hydrogen-bond acceptors (Lipinski definition) is 5. The zero-order valence-corrected chi connectivity index (χ0v) is 19.5. The summed E-state index contributed by atoms with van der Waals surface area (Å²) in [4.78, 5) is 27.6. The van der Waals surface area contributed by atoms with Crippen LogP contribution in [0.15, 0.2) is 66.2 Å². The predicted molar refractivity (Wildman–Crippen MR) is 127 cm³/mol. The molecule has 0 spiro atoms. The second-order valence-corrected chi connectivity index (χ2v) is 8.20. The van der Waals surface area contributed by atoms with E-state index in [1.807, 2.05) is 0 Å². The van der Waals surface area contributed by atoms with E-state index in [9.17, 15) is 19.1 Å². The number of nitrogens with zero attached hydrogens (tertiary/aromatic N) is 1. The maximum Gasteiger partial charge on any atom is 0.300 e. The number of aliphatic hydroxyl groups excluding tert-OH is 1. The first kappa shape index (κ1) is 23.6. The number of carbonyl (C=O) groups excluding carboxylic acids is 2. The van der Waals surface area contributed by atoms with Crippen LogP contribution in [0.4, 0.5) is 10.1 Å². The second-order valence-electron chi connectivity index (χ2n) is 7.39. The van der Waals surface area contributed by atoms with Crippen LogP contribution in [-0.2, 0) is 9.59 Å². The molecule has 1 saturated heterocycles. The highest BCUT2D eigenvalue weighted by Gasteiger charge is 2.47. The van der Waals surface area contributed by atoms with Crippen molar-refractivity contribution in [3.63, 3.8) is 0 Å². The van der Waals surface area contributed by atoms with E-state index in [4.69, 9.17) is 32.7 Å². The highest BCUT2D eigenvalue weighted by Crippen LogP contribution is 2.44. The van der Waals surface area contributed by atoms with Gasteiger partial charge in [-0.3, -0.25) is 14.5 Å². The Balaban J connectivity index is 1.98. The number of methoxy groups -OCH3 is 2. The van der Waals surface area contributed by atoms with Crippen LogP contribution in [0.2, 0.25) is 10.0 Å².